The molecule has 1 aliphatic rings. The maximum atomic E-state index is 13.6. The van der Waals surface area contributed by atoms with E-state index in [1.54, 1.807) is 4.68 Å². The van der Waals surface area contributed by atoms with Gasteiger partial charge in [-0.25, -0.2) is 4.39 Å². The van der Waals surface area contributed by atoms with Crippen molar-refractivity contribution in [2.45, 2.75) is 19.1 Å². The molecule has 0 amide bonds. The molecule has 1 N–H and O–H groups in total. The van der Waals surface area contributed by atoms with Crippen molar-refractivity contribution in [3.63, 3.8) is 0 Å². The summed E-state index contributed by atoms with van der Waals surface area (Å²) in [6.07, 6.45) is 0.970. The van der Waals surface area contributed by atoms with Gasteiger partial charge in [-0.2, -0.15) is 5.10 Å². The zero-order valence-corrected chi connectivity index (χ0v) is 9.15. The van der Waals surface area contributed by atoms with Crippen LogP contribution in [0.3, 0.4) is 0 Å². The third kappa shape index (κ3) is 1.41. The Bertz CT molecular complexity index is 520. The summed E-state index contributed by atoms with van der Waals surface area (Å²) >= 11 is 0. The second-order valence-corrected chi connectivity index (χ2v) is 4.39. The number of aryl methyl sites for hydroxylation is 1. The first kappa shape index (κ1) is 9.78. The van der Waals surface area contributed by atoms with Crippen LogP contribution in [0, 0.1) is 6.92 Å². The smallest absolute Gasteiger partial charge is 0.136 e. The highest BCUT2D eigenvalue weighted by atomic mass is 19.1. The minimum Gasteiger partial charge on any atom is -0.312 e. The number of fused-ring (bicyclic) bond motifs is 1. The molecule has 1 saturated heterocycles. The van der Waals surface area contributed by atoms with Crippen molar-refractivity contribution in [2.24, 2.45) is 0 Å². The molecule has 4 heteroatoms. The van der Waals surface area contributed by atoms with Gasteiger partial charge in [0.2, 0.25) is 0 Å². The minimum absolute atomic E-state index is 0.166. The number of nitrogens with one attached hydrogen (secondary N) is 1. The Balaban J connectivity index is 2.10. The van der Waals surface area contributed by atoms with Gasteiger partial charge in [0.25, 0.3) is 0 Å². The number of aromatic nitrogens is 2. The molecule has 0 saturated carbocycles. The van der Waals surface area contributed by atoms with Gasteiger partial charge in [-0.15, -0.1) is 0 Å². The van der Waals surface area contributed by atoms with E-state index in [1.807, 2.05) is 25.3 Å². The van der Waals surface area contributed by atoms with Crippen molar-refractivity contribution in [1.29, 1.82) is 0 Å². The second kappa shape index (κ2) is 3.56. The maximum absolute atomic E-state index is 13.6. The van der Waals surface area contributed by atoms with Gasteiger partial charge in [0.05, 0.1) is 17.8 Å². The Morgan fingerprint density at radius 1 is 1.44 bits per heavy atom. The maximum Gasteiger partial charge on any atom is 0.136 e. The van der Waals surface area contributed by atoms with Crippen LogP contribution in [0.4, 0.5) is 4.39 Å². The summed E-state index contributed by atoms with van der Waals surface area (Å²) in [5.41, 5.74) is 2.22. The first-order valence-electron chi connectivity index (χ1n) is 5.54. The first-order chi connectivity index (χ1) is 7.75. The lowest BCUT2D eigenvalue weighted by atomic mass is 10.1. The Morgan fingerprint density at radius 3 is 3.06 bits per heavy atom. The number of hydrogen-bond acceptors (Lipinski definition) is 2. The van der Waals surface area contributed by atoms with Gasteiger partial charge in [0.1, 0.15) is 6.17 Å². The Kier molecular flexibility index (Phi) is 2.17. The zero-order valence-electron chi connectivity index (χ0n) is 9.15. The Labute approximate surface area is 93.3 Å². The number of alkyl halides is 1. The lowest BCUT2D eigenvalue weighted by Gasteiger charge is -2.13. The van der Waals surface area contributed by atoms with Gasteiger partial charge in [0.15, 0.2) is 0 Å². The van der Waals surface area contributed by atoms with E-state index in [2.05, 4.69) is 16.5 Å². The van der Waals surface area contributed by atoms with Gasteiger partial charge in [-0.05, 0) is 19.1 Å². The highest BCUT2D eigenvalue weighted by Gasteiger charge is 2.29. The average molecular weight is 219 g/mol. The molecule has 2 heterocycles. The standard InChI is InChI=1S/C12H14FN3/c1-8-2-3-11-9(4-8)5-15-16(11)12-7-14-6-10(12)13/h2-5,10,12,14H,6-7H2,1H3. The highest BCUT2D eigenvalue weighted by Crippen LogP contribution is 2.24. The van der Waals surface area contributed by atoms with E-state index in [0.29, 0.717) is 13.1 Å². The average Bonchev–Trinajstić information content (AvgIpc) is 2.83. The largest absolute Gasteiger partial charge is 0.312 e. The molecule has 0 aliphatic carbocycles. The molecule has 3 rings (SSSR count). The van der Waals surface area contributed by atoms with E-state index in [1.165, 1.54) is 5.56 Å². The molecular formula is C12H14FN3. The summed E-state index contributed by atoms with van der Waals surface area (Å²) in [6.45, 7) is 3.13. The van der Waals surface area contributed by atoms with Crippen molar-refractivity contribution >= 4 is 10.9 Å². The van der Waals surface area contributed by atoms with Crippen LogP contribution >= 0.6 is 0 Å². The lowest BCUT2D eigenvalue weighted by Crippen LogP contribution is -2.19. The summed E-state index contributed by atoms with van der Waals surface area (Å²) in [7, 11) is 0. The second-order valence-electron chi connectivity index (χ2n) is 4.39. The fourth-order valence-electron chi connectivity index (χ4n) is 2.31. The zero-order chi connectivity index (χ0) is 11.1. The summed E-state index contributed by atoms with van der Waals surface area (Å²) < 4.78 is 15.4. The number of rotatable bonds is 1. The molecule has 16 heavy (non-hydrogen) atoms. The van der Waals surface area contributed by atoms with Crippen molar-refractivity contribution in [3.8, 4) is 0 Å². The van der Waals surface area contributed by atoms with E-state index in [0.717, 1.165) is 10.9 Å². The van der Waals surface area contributed by atoms with E-state index in [4.69, 9.17) is 0 Å². The van der Waals surface area contributed by atoms with Crippen LogP contribution in [-0.2, 0) is 0 Å². The van der Waals surface area contributed by atoms with Crippen molar-refractivity contribution < 1.29 is 4.39 Å². The Morgan fingerprint density at radius 2 is 2.31 bits per heavy atom. The summed E-state index contributed by atoms with van der Waals surface area (Å²) in [5.74, 6) is 0. The van der Waals surface area contributed by atoms with Crippen molar-refractivity contribution in [2.75, 3.05) is 13.1 Å². The quantitative estimate of drug-likeness (QED) is 0.793. The molecular weight excluding hydrogens is 205 g/mol. The molecule has 84 valence electrons. The fourth-order valence-corrected chi connectivity index (χ4v) is 2.31. The summed E-state index contributed by atoms with van der Waals surface area (Å²) in [4.78, 5) is 0. The third-order valence-electron chi connectivity index (χ3n) is 3.18. The van der Waals surface area contributed by atoms with Gasteiger partial charge in [-0.3, -0.25) is 4.68 Å². The fraction of sp³-hybridized carbons (Fsp3) is 0.417. The number of benzene rings is 1. The molecule has 3 nitrogen and oxygen atoms in total. The van der Waals surface area contributed by atoms with Crippen molar-refractivity contribution in [1.82, 2.24) is 15.1 Å². The van der Waals surface area contributed by atoms with Crippen LogP contribution in [0.2, 0.25) is 0 Å². The molecule has 0 spiro atoms. The predicted molar refractivity (Wildman–Crippen MR) is 61.3 cm³/mol. The summed E-state index contributed by atoms with van der Waals surface area (Å²) in [5, 5.41) is 8.44. The molecule has 0 bridgehead atoms. The van der Waals surface area contributed by atoms with Crippen LogP contribution in [0.15, 0.2) is 24.4 Å². The molecule has 2 aromatic rings. The van der Waals surface area contributed by atoms with Crippen LogP contribution in [-0.4, -0.2) is 29.0 Å². The van der Waals surface area contributed by atoms with Crippen LogP contribution in [0.1, 0.15) is 11.6 Å². The van der Waals surface area contributed by atoms with E-state index >= 15 is 0 Å². The number of halogens is 1. The molecule has 2 atom stereocenters. The molecule has 1 fully saturated rings. The molecule has 1 aromatic carbocycles. The monoisotopic (exact) mass is 219 g/mol. The predicted octanol–water partition coefficient (Wildman–Crippen LogP) is 1.83. The molecule has 1 aromatic heterocycles. The third-order valence-corrected chi connectivity index (χ3v) is 3.18. The first-order valence-corrected chi connectivity index (χ1v) is 5.54. The van der Waals surface area contributed by atoms with Crippen LogP contribution in [0.25, 0.3) is 10.9 Å². The van der Waals surface area contributed by atoms with E-state index < -0.39 is 6.17 Å². The SMILES string of the molecule is Cc1ccc2c(cnn2C2CNCC2F)c1. The molecule has 2 unspecified atom stereocenters. The van der Waals surface area contributed by atoms with Crippen molar-refractivity contribution in [3.05, 3.63) is 30.0 Å². The number of nitrogens with zero attached hydrogens (tertiary/aromatic N) is 2. The van der Waals surface area contributed by atoms with Crippen LogP contribution < -0.4 is 5.32 Å². The normalized spacial score (nSPS) is 25.4. The highest BCUT2D eigenvalue weighted by molar-refractivity contribution is 5.79. The van der Waals surface area contributed by atoms with Gasteiger partial charge >= 0.3 is 0 Å². The van der Waals surface area contributed by atoms with Gasteiger partial charge in [0, 0.05) is 18.5 Å². The van der Waals surface area contributed by atoms with Crippen LogP contribution in [0.5, 0.6) is 0 Å². The minimum atomic E-state index is -0.843. The van der Waals surface area contributed by atoms with Gasteiger partial charge < -0.3 is 5.32 Å². The lowest BCUT2D eigenvalue weighted by molar-refractivity contribution is 0.274. The molecule has 1 aliphatic heterocycles. The van der Waals surface area contributed by atoms with Gasteiger partial charge in [-0.1, -0.05) is 11.6 Å². The topological polar surface area (TPSA) is 29.9 Å². The van der Waals surface area contributed by atoms with E-state index in [9.17, 15) is 4.39 Å². The summed E-state index contributed by atoms with van der Waals surface area (Å²) in [6, 6.07) is 5.97. The van der Waals surface area contributed by atoms with E-state index in [-0.39, 0.29) is 6.04 Å². The molecule has 0 radical (unpaired) electrons. The number of hydrogen-bond donors (Lipinski definition) is 1. The Hall–Kier alpha value is -1.42.